The fourth-order valence-corrected chi connectivity index (χ4v) is 6.04. The quantitative estimate of drug-likeness (QED) is 0.337. The fourth-order valence-electron chi connectivity index (χ4n) is 6.04. The lowest BCUT2D eigenvalue weighted by Gasteiger charge is -2.33. The van der Waals surface area contributed by atoms with E-state index in [0.717, 1.165) is 43.4 Å². The van der Waals surface area contributed by atoms with Gasteiger partial charge in [-0.2, -0.15) is 4.39 Å². The molecule has 1 atom stereocenters. The summed E-state index contributed by atoms with van der Waals surface area (Å²) in [4.78, 5) is 29.8. The predicted octanol–water partition coefficient (Wildman–Crippen LogP) is 6.07. The molecule has 2 aliphatic heterocycles. The highest BCUT2D eigenvalue weighted by Crippen LogP contribution is 2.33. The summed E-state index contributed by atoms with van der Waals surface area (Å²) in [5.41, 5.74) is 3.04. The van der Waals surface area contributed by atoms with E-state index in [1.807, 2.05) is 52.1 Å². The molecular weight excluding hydrogens is 568 g/mol. The van der Waals surface area contributed by atoms with Crippen molar-refractivity contribution in [3.63, 3.8) is 0 Å². The number of likely N-dealkylation sites (tertiary alicyclic amines) is 2. The number of rotatable bonds is 6. The Kier molecular flexibility index (Phi) is 9.22. The van der Waals surface area contributed by atoms with Gasteiger partial charge in [-0.1, -0.05) is 11.3 Å². The van der Waals surface area contributed by atoms with E-state index in [4.69, 9.17) is 9.47 Å². The van der Waals surface area contributed by atoms with Gasteiger partial charge in [0.15, 0.2) is 11.6 Å². The van der Waals surface area contributed by atoms with Gasteiger partial charge < -0.3 is 19.3 Å². The first-order chi connectivity index (χ1) is 20.9. The highest BCUT2D eigenvalue weighted by atomic mass is 19.2. The maximum Gasteiger partial charge on any atom is 0.410 e. The number of hydrogen-bond acceptors (Lipinski definition) is 6. The Morgan fingerprint density at radius 1 is 1.02 bits per heavy atom. The number of carbonyl (C=O) groups is 2. The summed E-state index contributed by atoms with van der Waals surface area (Å²) in [6, 6.07) is 8.35. The first-order valence-corrected chi connectivity index (χ1v) is 15.2. The Labute approximate surface area is 257 Å². The summed E-state index contributed by atoms with van der Waals surface area (Å²) in [5, 5.41) is 8.80. The SMILES string of the molecule is COc1cc(C2CCCN(C(=O)c3ccc(C)cc3-n3cc(CC4CCN(C(=O)OC(C)(C)C)CC4)nn3)C2)cc(F)c1F. The van der Waals surface area contributed by atoms with Crippen molar-refractivity contribution in [2.75, 3.05) is 33.3 Å². The normalized spacial score (nSPS) is 17.9. The van der Waals surface area contributed by atoms with Gasteiger partial charge in [0, 0.05) is 32.1 Å². The van der Waals surface area contributed by atoms with Gasteiger partial charge in [-0.05, 0) is 101 Å². The van der Waals surface area contributed by atoms with Crippen molar-refractivity contribution < 1.29 is 27.8 Å². The highest BCUT2D eigenvalue weighted by molar-refractivity contribution is 5.98. The zero-order chi connectivity index (χ0) is 31.6. The number of halogens is 2. The molecule has 0 bridgehead atoms. The average molecular weight is 610 g/mol. The van der Waals surface area contributed by atoms with Gasteiger partial charge in [-0.25, -0.2) is 13.9 Å². The molecule has 1 aromatic heterocycles. The number of aromatic nitrogens is 3. The van der Waals surface area contributed by atoms with Crippen LogP contribution in [0, 0.1) is 24.5 Å². The number of amides is 2. The summed E-state index contributed by atoms with van der Waals surface area (Å²) >= 11 is 0. The second-order valence-corrected chi connectivity index (χ2v) is 12.9. The Morgan fingerprint density at radius 3 is 2.48 bits per heavy atom. The topological polar surface area (TPSA) is 89.8 Å². The van der Waals surface area contributed by atoms with Gasteiger partial charge in [0.1, 0.15) is 5.60 Å². The lowest BCUT2D eigenvalue weighted by molar-refractivity contribution is 0.0184. The van der Waals surface area contributed by atoms with Crippen molar-refractivity contribution in [2.45, 2.75) is 71.3 Å². The van der Waals surface area contributed by atoms with Crippen LogP contribution in [-0.2, 0) is 11.2 Å². The van der Waals surface area contributed by atoms with E-state index in [9.17, 15) is 18.4 Å². The number of ether oxygens (including phenoxy) is 2. The number of nitrogens with zero attached hydrogens (tertiary/aromatic N) is 5. The minimum absolute atomic E-state index is 0.139. The second kappa shape index (κ2) is 12.9. The summed E-state index contributed by atoms with van der Waals surface area (Å²) in [5.74, 6) is -2.05. The maximum absolute atomic E-state index is 14.3. The van der Waals surface area contributed by atoms with Crippen molar-refractivity contribution >= 4 is 12.0 Å². The number of benzene rings is 2. The van der Waals surface area contributed by atoms with Gasteiger partial charge in [-0.15, -0.1) is 5.10 Å². The molecule has 3 heterocycles. The van der Waals surface area contributed by atoms with Gasteiger partial charge in [-0.3, -0.25) is 4.79 Å². The molecule has 0 aliphatic carbocycles. The maximum atomic E-state index is 14.3. The van der Waals surface area contributed by atoms with Gasteiger partial charge in [0.2, 0.25) is 5.82 Å². The number of carbonyl (C=O) groups excluding carboxylic acids is 2. The molecule has 1 unspecified atom stereocenters. The van der Waals surface area contributed by atoms with E-state index >= 15 is 0 Å². The number of aryl methyl sites for hydroxylation is 1. The molecule has 0 saturated carbocycles. The van der Waals surface area contributed by atoms with Crippen molar-refractivity contribution in [1.82, 2.24) is 24.8 Å². The molecule has 2 fully saturated rings. The Morgan fingerprint density at radius 2 is 1.77 bits per heavy atom. The third kappa shape index (κ3) is 7.19. The predicted molar refractivity (Wildman–Crippen MR) is 161 cm³/mol. The molecule has 0 radical (unpaired) electrons. The van der Waals surface area contributed by atoms with Gasteiger partial charge >= 0.3 is 6.09 Å². The van der Waals surface area contributed by atoms with E-state index < -0.39 is 17.2 Å². The molecule has 3 aromatic rings. The molecule has 0 spiro atoms. The van der Waals surface area contributed by atoms with Gasteiger partial charge in [0.25, 0.3) is 5.91 Å². The molecule has 236 valence electrons. The zero-order valence-corrected chi connectivity index (χ0v) is 26.1. The van der Waals surface area contributed by atoms with Crippen LogP contribution in [0.4, 0.5) is 13.6 Å². The number of piperidine rings is 2. The highest BCUT2D eigenvalue weighted by Gasteiger charge is 2.30. The Bertz CT molecular complexity index is 1510. The van der Waals surface area contributed by atoms with Crippen LogP contribution in [0.15, 0.2) is 36.5 Å². The van der Waals surface area contributed by atoms with E-state index in [2.05, 4.69) is 10.3 Å². The molecule has 2 amide bonds. The van der Waals surface area contributed by atoms with Crippen LogP contribution in [0.25, 0.3) is 5.69 Å². The monoisotopic (exact) mass is 609 g/mol. The second-order valence-electron chi connectivity index (χ2n) is 12.9. The third-order valence-corrected chi connectivity index (χ3v) is 8.35. The van der Waals surface area contributed by atoms with Crippen molar-refractivity contribution in [2.24, 2.45) is 5.92 Å². The molecule has 2 aliphatic rings. The smallest absolute Gasteiger partial charge is 0.410 e. The Hall–Kier alpha value is -4.02. The molecule has 5 rings (SSSR count). The zero-order valence-electron chi connectivity index (χ0n) is 26.1. The lowest BCUT2D eigenvalue weighted by Crippen LogP contribution is -2.42. The average Bonchev–Trinajstić information content (AvgIpc) is 3.46. The first-order valence-electron chi connectivity index (χ1n) is 15.2. The summed E-state index contributed by atoms with van der Waals surface area (Å²) in [6.07, 6.45) is 5.51. The fraction of sp³-hybridized carbons (Fsp3) is 0.515. The molecular formula is C33H41F2N5O4. The van der Waals surface area contributed by atoms with Crippen LogP contribution in [-0.4, -0.2) is 75.7 Å². The largest absolute Gasteiger partial charge is 0.494 e. The molecule has 44 heavy (non-hydrogen) atoms. The molecule has 0 N–H and O–H groups in total. The minimum Gasteiger partial charge on any atom is -0.494 e. The van der Waals surface area contributed by atoms with Crippen molar-refractivity contribution in [1.29, 1.82) is 0 Å². The summed E-state index contributed by atoms with van der Waals surface area (Å²) in [7, 11) is 1.31. The summed E-state index contributed by atoms with van der Waals surface area (Å²) in [6.45, 7) is 9.78. The molecule has 11 heteroatoms. The van der Waals surface area contributed by atoms with Crippen molar-refractivity contribution in [3.8, 4) is 11.4 Å². The molecule has 2 aromatic carbocycles. The Balaban J connectivity index is 1.27. The van der Waals surface area contributed by atoms with E-state index in [0.29, 0.717) is 48.9 Å². The van der Waals surface area contributed by atoms with Crippen LogP contribution in [0.3, 0.4) is 0 Å². The molecule has 9 nitrogen and oxygen atoms in total. The van der Waals surface area contributed by atoms with E-state index in [1.54, 1.807) is 14.5 Å². The van der Waals surface area contributed by atoms with Crippen LogP contribution in [0.2, 0.25) is 0 Å². The van der Waals surface area contributed by atoms with Crippen LogP contribution < -0.4 is 4.74 Å². The minimum atomic E-state index is -1.01. The van der Waals surface area contributed by atoms with E-state index in [1.165, 1.54) is 19.2 Å². The van der Waals surface area contributed by atoms with Crippen molar-refractivity contribution in [3.05, 3.63) is 70.5 Å². The van der Waals surface area contributed by atoms with E-state index in [-0.39, 0.29) is 23.7 Å². The van der Waals surface area contributed by atoms with Crippen LogP contribution in [0.1, 0.15) is 79.6 Å². The van der Waals surface area contributed by atoms with Crippen LogP contribution in [0.5, 0.6) is 5.75 Å². The first kappa shape index (κ1) is 31.4. The van der Waals surface area contributed by atoms with Crippen LogP contribution >= 0.6 is 0 Å². The van der Waals surface area contributed by atoms with Gasteiger partial charge in [0.05, 0.1) is 30.3 Å². The third-order valence-electron chi connectivity index (χ3n) is 8.35. The number of methoxy groups -OCH3 is 1. The summed E-state index contributed by atoms with van der Waals surface area (Å²) < 4.78 is 40.5. The molecule has 2 saturated heterocycles. The lowest BCUT2D eigenvalue weighted by atomic mass is 9.90. The number of hydrogen-bond donors (Lipinski definition) is 0. The standard InChI is InChI=1S/C33H41F2N5O4/c1-21-8-9-26(31(41)39-12-6-7-23(19-39)24-17-27(34)30(35)29(18-24)43-5)28(15-21)40-20-25(36-37-40)16-22-10-13-38(14-11-22)32(42)44-33(2,3)4/h8-9,15,17-18,20,22-23H,6-7,10-14,16,19H2,1-5H3.